The topological polar surface area (TPSA) is 96.5 Å². The van der Waals surface area contributed by atoms with Crippen LogP contribution in [0.2, 0.25) is 0 Å². The molecule has 7 nitrogen and oxygen atoms in total. The van der Waals surface area contributed by atoms with Crippen LogP contribution >= 0.6 is 0 Å². The van der Waals surface area contributed by atoms with Crippen LogP contribution in [0.15, 0.2) is 48.5 Å². The number of ether oxygens (including phenoxy) is 1. The molecule has 0 unspecified atom stereocenters. The second kappa shape index (κ2) is 7.01. The molecule has 29 heavy (non-hydrogen) atoms. The molecular formula is C22H18N2O5. The van der Waals surface area contributed by atoms with Crippen molar-refractivity contribution in [3.8, 4) is 0 Å². The summed E-state index contributed by atoms with van der Waals surface area (Å²) < 4.78 is 5.29. The van der Waals surface area contributed by atoms with Gasteiger partial charge in [-0.2, -0.15) is 0 Å². The third kappa shape index (κ3) is 3.10. The largest absolute Gasteiger partial charge is 0.453 e. The zero-order chi connectivity index (χ0) is 20.7. The van der Waals surface area contributed by atoms with Crippen molar-refractivity contribution in [3.05, 3.63) is 65.4 Å². The lowest BCUT2D eigenvalue weighted by molar-refractivity contribution is -0.145. The van der Waals surface area contributed by atoms with E-state index in [0.717, 1.165) is 15.8 Å². The zero-order valence-electron chi connectivity index (χ0n) is 15.9. The first-order valence-electron chi connectivity index (χ1n) is 9.14. The Morgan fingerprint density at radius 2 is 1.76 bits per heavy atom. The molecule has 1 atom stereocenters. The molecule has 0 aliphatic carbocycles. The standard InChI is InChI=1S/C22H18N2O5/c1-12-19(14-7-3-5-9-16(14)23-12)20(26)13(2)29-18(25)11-24-17-10-6-4-8-15(17)21(27)22(24)28/h3-10,13,23H,11H2,1-2H3/t13-/m1/s1. The van der Waals surface area contributed by atoms with Gasteiger partial charge in [0.1, 0.15) is 6.54 Å². The Morgan fingerprint density at radius 3 is 2.55 bits per heavy atom. The highest BCUT2D eigenvalue weighted by Gasteiger charge is 2.37. The molecule has 146 valence electrons. The van der Waals surface area contributed by atoms with Crippen molar-refractivity contribution in [2.24, 2.45) is 0 Å². The molecule has 1 aliphatic heterocycles. The average molecular weight is 390 g/mol. The second-order valence-corrected chi connectivity index (χ2v) is 6.90. The summed E-state index contributed by atoms with van der Waals surface area (Å²) in [6, 6.07) is 13.8. The van der Waals surface area contributed by atoms with Crippen LogP contribution in [0.1, 0.15) is 33.3 Å². The van der Waals surface area contributed by atoms with Gasteiger partial charge in [-0.05, 0) is 32.0 Å². The lowest BCUT2D eigenvalue weighted by atomic mass is 10.0. The van der Waals surface area contributed by atoms with Gasteiger partial charge in [-0.1, -0.05) is 30.3 Å². The SMILES string of the molecule is Cc1[nH]c2ccccc2c1C(=O)[C@@H](C)OC(=O)CN1C(=O)C(=O)c2ccccc21. The van der Waals surface area contributed by atoms with Crippen molar-refractivity contribution in [2.45, 2.75) is 20.0 Å². The molecule has 2 aromatic carbocycles. The van der Waals surface area contributed by atoms with Gasteiger partial charge in [0.05, 0.1) is 11.3 Å². The maximum atomic E-state index is 12.9. The number of amides is 1. The number of rotatable bonds is 5. The molecule has 0 fully saturated rings. The Morgan fingerprint density at radius 1 is 1.07 bits per heavy atom. The summed E-state index contributed by atoms with van der Waals surface area (Å²) in [6.07, 6.45) is -1.04. The van der Waals surface area contributed by atoms with E-state index in [1.54, 1.807) is 25.1 Å². The first kappa shape index (κ1) is 18.6. The summed E-state index contributed by atoms with van der Waals surface area (Å²) in [6.45, 7) is 2.84. The number of carbonyl (C=O) groups excluding carboxylic acids is 4. The molecule has 1 N–H and O–H groups in total. The fourth-order valence-electron chi connectivity index (χ4n) is 3.62. The Balaban J connectivity index is 1.50. The minimum Gasteiger partial charge on any atom is -0.453 e. The van der Waals surface area contributed by atoms with Crippen molar-refractivity contribution in [3.63, 3.8) is 0 Å². The quantitative estimate of drug-likeness (QED) is 0.411. The molecule has 0 radical (unpaired) electrons. The van der Waals surface area contributed by atoms with Gasteiger partial charge in [-0.3, -0.25) is 24.1 Å². The number of aryl methyl sites for hydroxylation is 1. The number of ketones is 2. The van der Waals surface area contributed by atoms with E-state index in [0.29, 0.717) is 16.9 Å². The van der Waals surface area contributed by atoms with E-state index in [1.165, 1.54) is 13.0 Å². The van der Waals surface area contributed by atoms with Crippen LogP contribution in [0.3, 0.4) is 0 Å². The number of H-pyrrole nitrogens is 1. The maximum Gasteiger partial charge on any atom is 0.326 e. The van der Waals surface area contributed by atoms with Crippen LogP contribution in [-0.2, 0) is 14.3 Å². The summed E-state index contributed by atoms with van der Waals surface area (Å²) in [7, 11) is 0. The maximum absolute atomic E-state index is 12.9. The van der Waals surface area contributed by atoms with E-state index in [4.69, 9.17) is 4.74 Å². The number of esters is 1. The zero-order valence-corrected chi connectivity index (χ0v) is 15.9. The third-order valence-corrected chi connectivity index (χ3v) is 4.98. The van der Waals surface area contributed by atoms with E-state index in [1.807, 2.05) is 24.3 Å². The van der Waals surface area contributed by atoms with E-state index in [2.05, 4.69) is 4.98 Å². The highest BCUT2D eigenvalue weighted by Crippen LogP contribution is 2.28. The Bertz CT molecular complexity index is 1180. The molecule has 0 saturated carbocycles. The number of anilines is 1. The number of carbonyl (C=O) groups is 4. The highest BCUT2D eigenvalue weighted by molar-refractivity contribution is 6.52. The van der Waals surface area contributed by atoms with Gasteiger partial charge in [-0.15, -0.1) is 0 Å². The molecule has 1 aliphatic rings. The average Bonchev–Trinajstić information content (AvgIpc) is 3.16. The lowest BCUT2D eigenvalue weighted by Gasteiger charge is -2.18. The number of aromatic nitrogens is 1. The third-order valence-electron chi connectivity index (χ3n) is 4.98. The van der Waals surface area contributed by atoms with E-state index in [9.17, 15) is 19.2 Å². The summed E-state index contributed by atoms with van der Waals surface area (Å²) in [5.41, 5.74) is 2.60. The molecule has 0 bridgehead atoms. The van der Waals surface area contributed by atoms with Crippen LogP contribution < -0.4 is 4.90 Å². The first-order chi connectivity index (χ1) is 13.9. The Labute approximate surface area is 166 Å². The van der Waals surface area contributed by atoms with Gasteiger partial charge >= 0.3 is 5.97 Å². The fourth-order valence-corrected chi connectivity index (χ4v) is 3.62. The molecule has 2 heterocycles. The van der Waals surface area contributed by atoms with Crippen LogP contribution in [0.4, 0.5) is 5.69 Å². The summed E-state index contributed by atoms with van der Waals surface area (Å²) >= 11 is 0. The number of fused-ring (bicyclic) bond motifs is 2. The van der Waals surface area contributed by atoms with Crippen LogP contribution in [-0.4, -0.2) is 41.1 Å². The van der Waals surface area contributed by atoms with Crippen molar-refractivity contribution in [1.29, 1.82) is 0 Å². The minimum atomic E-state index is -1.04. The molecular weight excluding hydrogens is 372 g/mol. The summed E-state index contributed by atoms with van der Waals surface area (Å²) in [4.78, 5) is 53.8. The summed E-state index contributed by atoms with van der Waals surface area (Å²) in [5, 5.41) is 0.757. The van der Waals surface area contributed by atoms with Crippen LogP contribution in [0, 0.1) is 6.92 Å². The van der Waals surface area contributed by atoms with Crippen molar-refractivity contribution in [2.75, 3.05) is 11.4 Å². The second-order valence-electron chi connectivity index (χ2n) is 6.90. The smallest absolute Gasteiger partial charge is 0.326 e. The van der Waals surface area contributed by atoms with Gasteiger partial charge in [0, 0.05) is 22.2 Å². The predicted molar refractivity (Wildman–Crippen MR) is 106 cm³/mol. The lowest BCUT2D eigenvalue weighted by Crippen LogP contribution is -2.37. The fraction of sp³-hybridized carbons (Fsp3) is 0.182. The van der Waals surface area contributed by atoms with E-state index < -0.39 is 30.3 Å². The van der Waals surface area contributed by atoms with Crippen molar-refractivity contribution < 1.29 is 23.9 Å². The van der Waals surface area contributed by atoms with Gasteiger partial charge in [0.15, 0.2) is 6.10 Å². The van der Waals surface area contributed by atoms with Gasteiger partial charge in [-0.25, -0.2) is 0 Å². The Hall–Kier alpha value is -3.74. The van der Waals surface area contributed by atoms with Crippen molar-refractivity contribution in [1.82, 2.24) is 4.98 Å². The normalized spacial score (nSPS) is 14.2. The van der Waals surface area contributed by atoms with E-state index >= 15 is 0 Å². The number of aromatic amines is 1. The minimum absolute atomic E-state index is 0.254. The number of nitrogens with one attached hydrogen (secondary N) is 1. The van der Waals surface area contributed by atoms with Crippen LogP contribution in [0.25, 0.3) is 10.9 Å². The van der Waals surface area contributed by atoms with Gasteiger partial charge in [0.25, 0.3) is 11.7 Å². The first-order valence-corrected chi connectivity index (χ1v) is 9.14. The molecule has 1 aromatic heterocycles. The molecule has 4 rings (SSSR count). The molecule has 7 heteroatoms. The van der Waals surface area contributed by atoms with Gasteiger partial charge < -0.3 is 9.72 Å². The summed E-state index contributed by atoms with van der Waals surface area (Å²) in [5.74, 6) is -2.54. The number of hydrogen-bond donors (Lipinski definition) is 1. The monoisotopic (exact) mass is 390 g/mol. The van der Waals surface area contributed by atoms with E-state index in [-0.39, 0.29) is 11.3 Å². The molecule has 0 spiro atoms. The number of para-hydroxylation sites is 2. The number of hydrogen-bond acceptors (Lipinski definition) is 5. The molecule has 3 aromatic rings. The number of nitrogens with zero attached hydrogens (tertiary/aromatic N) is 1. The van der Waals surface area contributed by atoms with Crippen molar-refractivity contribution >= 4 is 40.0 Å². The molecule has 1 amide bonds. The Kier molecular flexibility index (Phi) is 4.50. The van der Waals surface area contributed by atoms with Gasteiger partial charge in [0.2, 0.25) is 5.78 Å². The number of benzene rings is 2. The number of Topliss-reactive ketones (excluding diaryl/α,β-unsaturated/α-hetero) is 2. The van der Waals surface area contributed by atoms with Crippen LogP contribution in [0.5, 0.6) is 0 Å². The molecule has 0 saturated heterocycles. The highest BCUT2D eigenvalue weighted by atomic mass is 16.5. The predicted octanol–water partition coefficient (Wildman–Crippen LogP) is 2.82.